The smallest absolute Gasteiger partial charge is 0.251 e. The van der Waals surface area contributed by atoms with E-state index in [-0.39, 0.29) is 17.9 Å². The van der Waals surface area contributed by atoms with Gasteiger partial charge in [-0.2, -0.15) is 0 Å². The van der Waals surface area contributed by atoms with Crippen molar-refractivity contribution in [3.8, 4) is 0 Å². The maximum absolute atomic E-state index is 12.8. The molecule has 7 heteroatoms. The summed E-state index contributed by atoms with van der Waals surface area (Å²) >= 11 is 7.57. The Hall–Kier alpha value is -2.80. The van der Waals surface area contributed by atoms with Gasteiger partial charge in [-0.05, 0) is 67.8 Å². The second-order valence-electron chi connectivity index (χ2n) is 8.44. The van der Waals surface area contributed by atoms with E-state index in [1.807, 2.05) is 79.7 Å². The number of amides is 2. The fourth-order valence-electron chi connectivity index (χ4n) is 4.01. The van der Waals surface area contributed by atoms with Crippen molar-refractivity contribution in [2.45, 2.75) is 35.6 Å². The van der Waals surface area contributed by atoms with Crippen molar-refractivity contribution >= 4 is 40.9 Å². The number of para-hydroxylation sites is 1. The fourth-order valence-corrected chi connectivity index (χ4v) is 5.04. The number of hydrogen-bond donors (Lipinski definition) is 2. The first kappa shape index (κ1) is 24.3. The van der Waals surface area contributed by atoms with Crippen molar-refractivity contribution in [2.24, 2.45) is 0 Å². The zero-order valence-electron chi connectivity index (χ0n) is 19.1. The van der Waals surface area contributed by atoms with Crippen molar-refractivity contribution in [1.82, 2.24) is 10.2 Å². The first-order chi connectivity index (χ1) is 16.5. The number of carbonyl (C=O) groups is 2. The van der Waals surface area contributed by atoms with Crippen molar-refractivity contribution < 1.29 is 9.59 Å². The van der Waals surface area contributed by atoms with E-state index < -0.39 is 0 Å². The number of nitrogens with one attached hydrogen (secondary N) is 2. The Kier molecular flexibility index (Phi) is 8.27. The molecule has 0 aliphatic carbocycles. The molecule has 0 aromatic heterocycles. The van der Waals surface area contributed by atoms with Gasteiger partial charge in [-0.1, -0.05) is 53.7 Å². The lowest BCUT2D eigenvalue weighted by molar-refractivity contribution is -0.117. The molecule has 176 valence electrons. The summed E-state index contributed by atoms with van der Waals surface area (Å²) in [6, 6.07) is 23.2. The number of likely N-dealkylation sites (tertiary alicyclic amines) is 1. The Morgan fingerprint density at radius 2 is 1.65 bits per heavy atom. The van der Waals surface area contributed by atoms with E-state index in [4.69, 9.17) is 11.6 Å². The van der Waals surface area contributed by atoms with Crippen LogP contribution in [0.2, 0.25) is 5.02 Å². The van der Waals surface area contributed by atoms with E-state index in [2.05, 4.69) is 15.5 Å². The third kappa shape index (κ3) is 6.63. The van der Waals surface area contributed by atoms with E-state index in [0.29, 0.717) is 11.6 Å². The van der Waals surface area contributed by atoms with Gasteiger partial charge in [-0.25, -0.2) is 0 Å². The average Bonchev–Trinajstić information content (AvgIpc) is 2.83. The lowest BCUT2D eigenvalue weighted by atomic mass is 10.0. The first-order valence-electron chi connectivity index (χ1n) is 11.4. The summed E-state index contributed by atoms with van der Waals surface area (Å²) < 4.78 is 0. The Morgan fingerprint density at radius 1 is 0.971 bits per heavy atom. The number of piperidine rings is 1. The van der Waals surface area contributed by atoms with Gasteiger partial charge in [0.15, 0.2) is 0 Å². The first-order valence-corrected chi connectivity index (χ1v) is 12.6. The zero-order valence-corrected chi connectivity index (χ0v) is 20.7. The predicted octanol–water partition coefficient (Wildman–Crippen LogP) is 5.63. The van der Waals surface area contributed by atoms with Crippen LogP contribution in [-0.4, -0.2) is 42.4 Å². The number of carbonyl (C=O) groups excluding carboxylic acids is 2. The van der Waals surface area contributed by atoms with Gasteiger partial charge in [-0.3, -0.25) is 14.5 Å². The standard InChI is InChI=1S/C27H28ClN3O2S/c1-19-6-2-3-7-23(19)27(33)29-21-14-16-31(17-15-21)18-26(32)30-24-8-4-5-9-25(24)34-22-12-10-20(28)11-13-22/h2-13,21H,14-18H2,1H3,(H,29,33)(H,30,32). The van der Waals surface area contributed by atoms with Crippen LogP contribution in [0.15, 0.2) is 82.6 Å². The maximum Gasteiger partial charge on any atom is 0.251 e. The van der Waals surface area contributed by atoms with Gasteiger partial charge < -0.3 is 10.6 Å². The highest BCUT2D eigenvalue weighted by Gasteiger charge is 2.23. The van der Waals surface area contributed by atoms with E-state index in [1.54, 1.807) is 11.8 Å². The molecule has 2 N–H and O–H groups in total. The van der Waals surface area contributed by atoms with Crippen LogP contribution in [-0.2, 0) is 4.79 Å². The topological polar surface area (TPSA) is 61.4 Å². The summed E-state index contributed by atoms with van der Waals surface area (Å²) in [6.45, 7) is 3.82. The molecule has 1 heterocycles. The highest BCUT2D eigenvalue weighted by atomic mass is 35.5. The third-order valence-corrected chi connectivity index (χ3v) is 7.22. The molecule has 0 saturated carbocycles. The number of halogens is 1. The third-order valence-electron chi connectivity index (χ3n) is 5.88. The van der Waals surface area contributed by atoms with Crippen molar-refractivity contribution in [3.63, 3.8) is 0 Å². The van der Waals surface area contributed by atoms with Crippen molar-refractivity contribution in [3.05, 3.63) is 88.9 Å². The molecule has 5 nitrogen and oxygen atoms in total. The molecular weight excluding hydrogens is 466 g/mol. The molecule has 1 saturated heterocycles. The predicted molar refractivity (Wildman–Crippen MR) is 139 cm³/mol. The van der Waals surface area contributed by atoms with Crippen LogP contribution in [0.4, 0.5) is 5.69 Å². The van der Waals surface area contributed by atoms with Crippen LogP contribution in [0.25, 0.3) is 0 Å². The second kappa shape index (κ2) is 11.6. The number of anilines is 1. The Labute approximate surface area is 209 Å². The molecule has 0 unspecified atom stereocenters. The lowest BCUT2D eigenvalue weighted by Crippen LogP contribution is -2.46. The number of nitrogens with zero attached hydrogens (tertiary/aromatic N) is 1. The Bertz CT molecular complexity index is 1140. The maximum atomic E-state index is 12.8. The van der Waals surface area contributed by atoms with Gasteiger partial charge in [-0.15, -0.1) is 0 Å². The number of benzene rings is 3. The van der Waals surface area contributed by atoms with E-state index in [0.717, 1.165) is 52.5 Å². The minimum absolute atomic E-state index is 0.0240. The van der Waals surface area contributed by atoms with E-state index >= 15 is 0 Å². The van der Waals surface area contributed by atoms with Gasteiger partial charge in [0.1, 0.15) is 0 Å². The van der Waals surface area contributed by atoms with E-state index in [9.17, 15) is 9.59 Å². The normalized spacial score (nSPS) is 14.5. The molecule has 3 aromatic carbocycles. The molecule has 0 radical (unpaired) electrons. The second-order valence-corrected chi connectivity index (χ2v) is 9.99. The average molecular weight is 494 g/mol. The lowest BCUT2D eigenvalue weighted by Gasteiger charge is -2.32. The molecule has 4 rings (SSSR count). The quantitative estimate of drug-likeness (QED) is 0.447. The van der Waals surface area contributed by atoms with E-state index in [1.165, 1.54) is 0 Å². The molecule has 1 fully saturated rings. The molecule has 2 amide bonds. The minimum Gasteiger partial charge on any atom is -0.349 e. The summed E-state index contributed by atoms with van der Waals surface area (Å²) in [5, 5.41) is 6.91. The van der Waals surface area contributed by atoms with Gasteiger partial charge in [0, 0.05) is 39.5 Å². The van der Waals surface area contributed by atoms with Crippen LogP contribution in [0.1, 0.15) is 28.8 Å². The molecule has 0 atom stereocenters. The molecule has 34 heavy (non-hydrogen) atoms. The summed E-state index contributed by atoms with van der Waals surface area (Å²) in [4.78, 5) is 29.5. The van der Waals surface area contributed by atoms with Crippen LogP contribution < -0.4 is 10.6 Å². The number of rotatable bonds is 7. The van der Waals surface area contributed by atoms with Crippen molar-refractivity contribution in [1.29, 1.82) is 0 Å². The highest BCUT2D eigenvalue weighted by Crippen LogP contribution is 2.33. The molecule has 0 bridgehead atoms. The SMILES string of the molecule is Cc1ccccc1C(=O)NC1CCN(CC(=O)Nc2ccccc2Sc2ccc(Cl)cc2)CC1. The minimum atomic E-state index is -0.0356. The Balaban J connectivity index is 1.27. The summed E-state index contributed by atoms with van der Waals surface area (Å²) in [6.07, 6.45) is 1.65. The van der Waals surface area contributed by atoms with Crippen LogP contribution >= 0.6 is 23.4 Å². The molecule has 3 aromatic rings. The summed E-state index contributed by atoms with van der Waals surface area (Å²) in [7, 11) is 0. The van der Waals surface area contributed by atoms with Gasteiger partial charge in [0.2, 0.25) is 5.91 Å². The van der Waals surface area contributed by atoms with Crippen LogP contribution in [0, 0.1) is 6.92 Å². The number of hydrogen-bond acceptors (Lipinski definition) is 4. The van der Waals surface area contributed by atoms with Crippen LogP contribution in [0.5, 0.6) is 0 Å². The van der Waals surface area contributed by atoms with Crippen molar-refractivity contribution in [2.75, 3.05) is 25.0 Å². The summed E-state index contributed by atoms with van der Waals surface area (Å²) in [5.41, 5.74) is 2.50. The molecule has 1 aliphatic rings. The molecule has 0 spiro atoms. The van der Waals surface area contributed by atoms with Crippen LogP contribution in [0.3, 0.4) is 0 Å². The highest BCUT2D eigenvalue weighted by molar-refractivity contribution is 7.99. The Morgan fingerprint density at radius 3 is 2.38 bits per heavy atom. The largest absolute Gasteiger partial charge is 0.349 e. The summed E-state index contributed by atoms with van der Waals surface area (Å²) in [5.74, 6) is -0.0596. The number of aryl methyl sites for hydroxylation is 1. The fraction of sp³-hybridized carbons (Fsp3) is 0.259. The monoisotopic (exact) mass is 493 g/mol. The van der Waals surface area contributed by atoms with Gasteiger partial charge in [0.05, 0.1) is 12.2 Å². The molecule has 1 aliphatic heterocycles. The van der Waals surface area contributed by atoms with Gasteiger partial charge in [0.25, 0.3) is 5.91 Å². The zero-order chi connectivity index (χ0) is 23.9. The molecular formula is C27H28ClN3O2S. The van der Waals surface area contributed by atoms with Gasteiger partial charge >= 0.3 is 0 Å².